The molecule has 0 radical (unpaired) electrons. The minimum absolute atomic E-state index is 0.146. The highest BCUT2D eigenvalue weighted by Gasteiger charge is 2.26. The summed E-state index contributed by atoms with van der Waals surface area (Å²) < 4.78 is 27.9. The van der Waals surface area contributed by atoms with Crippen molar-refractivity contribution in [2.45, 2.75) is 13.1 Å². The second kappa shape index (κ2) is 8.92. The molecule has 2 amide bonds. The number of amides is 2. The summed E-state index contributed by atoms with van der Waals surface area (Å²) >= 11 is 0. The van der Waals surface area contributed by atoms with E-state index in [0.717, 1.165) is 17.0 Å². The van der Waals surface area contributed by atoms with Gasteiger partial charge in [-0.3, -0.25) is 9.89 Å². The first kappa shape index (κ1) is 19.5. The van der Waals surface area contributed by atoms with Crippen molar-refractivity contribution in [2.75, 3.05) is 32.1 Å². The molecule has 0 saturated carbocycles. The van der Waals surface area contributed by atoms with Crippen LogP contribution in [0, 0.1) is 11.6 Å². The molecule has 1 aromatic carbocycles. The molecule has 0 aliphatic rings. The standard InChI is InChI=1S/C15H22F2N6O/c1-10(21-15(19-2)20-8-9-22(3)4)23(14(18)24)13-11(16)6-5-7-12(13)17/h5-7,10H,2,8-9H2,1,3-4H3,(H2,18,24)(H,20,21). The molecule has 0 saturated heterocycles. The lowest BCUT2D eigenvalue weighted by Crippen LogP contribution is -2.52. The number of anilines is 1. The molecule has 0 fully saturated rings. The Labute approximate surface area is 139 Å². The number of carbonyl (C=O) groups is 1. The van der Waals surface area contributed by atoms with Crippen molar-refractivity contribution in [3.63, 3.8) is 0 Å². The molecule has 132 valence electrons. The monoisotopic (exact) mass is 340 g/mol. The molecular weight excluding hydrogens is 318 g/mol. The second-order valence-corrected chi connectivity index (χ2v) is 5.27. The van der Waals surface area contributed by atoms with Gasteiger partial charge in [-0.25, -0.2) is 18.6 Å². The van der Waals surface area contributed by atoms with E-state index in [-0.39, 0.29) is 5.96 Å². The molecule has 1 unspecified atom stereocenters. The van der Waals surface area contributed by atoms with Crippen LogP contribution in [0.1, 0.15) is 6.92 Å². The molecule has 0 heterocycles. The zero-order chi connectivity index (χ0) is 18.3. The SMILES string of the molecule is C=NC(=NCCN(C)C)NC(C)N(C(N)=O)c1c(F)cccc1F. The van der Waals surface area contributed by atoms with Crippen molar-refractivity contribution in [2.24, 2.45) is 15.7 Å². The first-order valence-electron chi connectivity index (χ1n) is 7.23. The number of urea groups is 1. The Morgan fingerprint density at radius 1 is 1.38 bits per heavy atom. The molecule has 1 aromatic rings. The Morgan fingerprint density at radius 2 is 1.96 bits per heavy atom. The summed E-state index contributed by atoms with van der Waals surface area (Å²) in [5.41, 5.74) is 4.75. The van der Waals surface area contributed by atoms with Crippen LogP contribution in [-0.4, -0.2) is 57.0 Å². The second-order valence-electron chi connectivity index (χ2n) is 5.27. The van der Waals surface area contributed by atoms with Gasteiger partial charge in [-0.05, 0) is 39.9 Å². The average Bonchev–Trinajstić information content (AvgIpc) is 2.49. The van der Waals surface area contributed by atoms with Crippen molar-refractivity contribution in [3.05, 3.63) is 29.8 Å². The molecular formula is C15H22F2N6O. The van der Waals surface area contributed by atoms with Crippen LogP contribution >= 0.6 is 0 Å². The first-order chi connectivity index (χ1) is 11.3. The maximum Gasteiger partial charge on any atom is 0.321 e. The van der Waals surface area contributed by atoms with E-state index in [1.54, 1.807) is 0 Å². The van der Waals surface area contributed by atoms with E-state index in [9.17, 15) is 13.6 Å². The highest BCUT2D eigenvalue weighted by atomic mass is 19.1. The van der Waals surface area contributed by atoms with E-state index in [2.05, 4.69) is 22.0 Å². The number of likely N-dealkylation sites (N-methyl/N-ethyl adjacent to an activating group) is 1. The quantitative estimate of drug-likeness (QED) is 0.466. The van der Waals surface area contributed by atoms with E-state index in [1.807, 2.05) is 19.0 Å². The Balaban J connectivity index is 3.00. The molecule has 0 aliphatic carbocycles. The maximum atomic E-state index is 13.9. The third kappa shape index (κ3) is 5.27. The van der Waals surface area contributed by atoms with Gasteiger partial charge in [0.1, 0.15) is 23.5 Å². The van der Waals surface area contributed by atoms with E-state index in [1.165, 1.54) is 13.0 Å². The number of nitrogens with two attached hydrogens (primary N) is 1. The Bertz CT molecular complexity index is 600. The topological polar surface area (TPSA) is 86.3 Å². The Hall–Kier alpha value is -2.55. The third-order valence-corrected chi connectivity index (χ3v) is 3.10. The molecule has 0 spiro atoms. The maximum absolute atomic E-state index is 13.9. The summed E-state index contributed by atoms with van der Waals surface area (Å²) in [6, 6.07) is 2.26. The fourth-order valence-corrected chi connectivity index (χ4v) is 1.96. The largest absolute Gasteiger partial charge is 0.351 e. The van der Waals surface area contributed by atoms with Gasteiger partial charge in [-0.2, -0.15) is 0 Å². The lowest BCUT2D eigenvalue weighted by atomic mass is 10.2. The molecule has 0 bridgehead atoms. The number of rotatable bonds is 6. The molecule has 0 aromatic heterocycles. The van der Waals surface area contributed by atoms with Crippen molar-refractivity contribution in [3.8, 4) is 0 Å². The fraction of sp³-hybridized carbons (Fsp3) is 0.400. The summed E-state index contributed by atoms with van der Waals surface area (Å²) in [4.78, 5) is 22.3. The van der Waals surface area contributed by atoms with Gasteiger partial charge < -0.3 is 16.0 Å². The van der Waals surface area contributed by atoms with E-state index < -0.39 is 29.5 Å². The van der Waals surface area contributed by atoms with Crippen LogP contribution in [0.5, 0.6) is 0 Å². The molecule has 0 aliphatic heterocycles. The van der Waals surface area contributed by atoms with Gasteiger partial charge >= 0.3 is 6.03 Å². The molecule has 7 nitrogen and oxygen atoms in total. The number of primary amides is 1. The Kier molecular flexibility index (Phi) is 7.25. The van der Waals surface area contributed by atoms with E-state index >= 15 is 0 Å². The summed E-state index contributed by atoms with van der Waals surface area (Å²) in [7, 11) is 3.78. The normalized spacial score (nSPS) is 12.8. The number of hydrogen-bond donors (Lipinski definition) is 2. The fourth-order valence-electron chi connectivity index (χ4n) is 1.96. The summed E-state index contributed by atoms with van der Waals surface area (Å²) in [5, 5.41) is 2.77. The van der Waals surface area contributed by atoms with Gasteiger partial charge in [-0.1, -0.05) is 6.07 Å². The number of nitrogens with zero attached hydrogens (tertiary/aromatic N) is 4. The minimum Gasteiger partial charge on any atom is -0.351 e. The number of guanidine groups is 1. The number of aliphatic imine (C=N–C) groups is 2. The molecule has 1 rings (SSSR count). The summed E-state index contributed by atoms with van der Waals surface area (Å²) in [6.07, 6.45) is -0.891. The predicted octanol–water partition coefficient (Wildman–Crippen LogP) is 1.40. The average molecular weight is 340 g/mol. The van der Waals surface area contributed by atoms with Gasteiger partial charge in [0.25, 0.3) is 0 Å². The van der Waals surface area contributed by atoms with Crippen LogP contribution in [-0.2, 0) is 0 Å². The van der Waals surface area contributed by atoms with Crippen molar-refractivity contribution < 1.29 is 13.6 Å². The first-order valence-corrected chi connectivity index (χ1v) is 7.23. The van der Waals surface area contributed by atoms with Gasteiger partial charge in [-0.15, -0.1) is 0 Å². The number of para-hydroxylation sites is 1. The van der Waals surface area contributed by atoms with Gasteiger partial charge in [0, 0.05) is 6.54 Å². The van der Waals surface area contributed by atoms with Crippen LogP contribution in [0.4, 0.5) is 19.3 Å². The highest BCUT2D eigenvalue weighted by molar-refractivity contribution is 5.93. The van der Waals surface area contributed by atoms with Gasteiger partial charge in [0.05, 0.1) is 6.54 Å². The zero-order valence-corrected chi connectivity index (χ0v) is 14.0. The predicted molar refractivity (Wildman–Crippen MR) is 91.4 cm³/mol. The van der Waals surface area contributed by atoms with Crippen LogP contribution in [0.25, 0.3) is 0 Å². The number of hydrogen-bond acceptors (Lipinski definition) is 3. The lowest BCUT2D eigenvalue weighted by molar-refractivity contribution is 0.251. The van der Waals surface area contributed by atoms with Crippen LogP contribution in [0.2, 0.25) is 0 Å². The van der Waals surface area contributed by atoms with Crippen LogP contribution in [0.15, 0.2) is 28.2 Å². The molecule has 1 atom stereocenters. The minimum atomic E-state index is -1.02. The lowest BCUT2D eigenvalue weighted by Gasteiger charge is -2.29. The van der Waals surface area contributed by atoms with Gasteiger partial charge in [0.15, 0.2) is 0 Å². The molecule has 9 heteroatoms. The van der Waals surface area contributed by atoms with Crippen LogP contribution in [0.3, 0.4) is 0 Å². The smallest absolute Gasteiger partial charge is 0.321 e. The van der Waals surface area contributed by atoms with Crippen molar-refractivity contribution in [1.29, 1.82) is 0 Å². The molecule has 24 heavy (non-hydrogen) atoms. The van der Waals surface area contributed by atoms with Crippen molar-refractivity contribution in [1.82, 2.24) is 10.2 Å². The summed E-state index contributed by atoms with van der Waals surface area (Å²) in [6.45, 7) is 6.00. The highest BCUT2D eigenvalue weighted by Crippen LogP contribution is 2.24. The van der Waals surface area contributed by atoms with E-state index in [0.29, 0.717) is 13.1 Å². The van der Waals surface area contributed by atoms with Crippen LogP contribution < -0.4 is 16.0 Å². The zero-order valence-electron chi connectivity index (χ0n) is 14.0. The Morgan fingerprint density at radius 3 is 2.42 bits per heavy atom. The molecule has 3 N–H and O–H groups in total. The van der Waals surface area contributed by atoms with E-state index in [4.69, 9.17) is 5.73 Å². The number of nitrogens with one attached hydrogen (secondary N) is 1. The number of halogens is 2. The third-order valence-electron chi connectivity index (χ3n) is 3.10. The van der Waals surface area contributed by atoms with Gasteiger partial charge in [0.2, 0.25) is 5.96 Å². The number of benzene rings is 1. The van der Waals surface area contributed by atoms with Crippen molar-refractivity contribution >= 4 is 24.4 Å². The number of carbonyl (C=O) groups excluding carboxylic acids is 1. The summed E-state index contributed by atoms with van der Waals surface area (Å²) in [5.74, 6) is -1.66.